The normalized spacial score (nSPS) is 12.0. The van der Waals surface area contributed by atoms with Crippen molar-refractivity contribution in [3.8, 4) is 11.4 Å². The molecule has 0 bridgehead atoms. The number of aryl methyl sites for hydroxylation is 1. The summed E-state index contributed by atoms with van der Waals surface area (Å²) in [5.41, 5.74) is 1.63. The van der Waals surface area contributed by atoms with Crippen LogP contribution < -0.4 is 4.90 Å². The summed E-state index contributed by atoms with van der Waals surface area (Å²) in [4.78, 5) is 21.2. The fourth-order valence-corrected chi connectivity index (χ4v) is 2.21. The van der Waals surface area contributed by atoms with Gasteiger partial charge in [-0.25, -0.2) is 9.97 Å². The highest BCUT2D eigenvalue weighted by atomic mass is 16.6. The number of non-ortho nitro benzene ring substituents is 1. The van der Waals surface area contributed by atoms with E-state index in [0.29, 0.717) is 18.2 Å². The number of nitro groups is 1. The number of rotatable bonds is 6. The summed E-state index contributed by atoms with van der Waals surface area (Å²) in [5, 5.41) is 20.3. The highest BCUT2D eigenvalue weighted by molar-refractivity contribution is 5.59. The molecule has 0 aliphatic rings. The van der Waals surface area contributed by atoms with Crippen molar-refractivity contribution in [2.24, 2.45) is 0 Å². The third-order valence-corrected chi connectivity index (χ3v) is 3.39. The molecule has 122 valence electrons. The van der Waals surface area contributed by atoms with E-state index in [4.69, 9.17) is 0 Å². The molecule has 23 heavy (non-hydrogen) atoms. The van der Waals surface area contributed by atoms with Crippen molar-refractivity contribution < 1.29 is 10.0 Å². The Balaban J connectivity index is 2.39. The van der Waals surface area contributed by atoms with Crippen LogP contribution in [0.15, 0.2) is 30.3 Å². The van der Waals surface area contributed by atoms with Crippen molar-refractivity contribution in [1.82, 2.24) is 9.97 Å². The van der Waals surface area contributed by atoms with Crippen LogP contribution in [0.25, 0.3) is 11.4 Å². The average molecular weight is 316 g/mol. The van der Waals surface area contributed by atoms with Crippen LogP contribution in [-0.4, -0.2) is 39.7 Å². The minimum absolute atomic E-state index is 0.0341. The minimum atomic E-state index is -0.470. The van der Waals surface area contributed by atoms with Gasteiger partial charge in [0.05, 0.1) is 11.0 Å². The van der Waals surface area contributed by atoms with Crippen molar-refractivity contribution in [3.63, 3.8) is 0 Å². The molecule has 0 aliphatic heterocycles. The van der Waals surface area contributed by atoms with E-state index in [-0.39, 0.29) is 5.69 Å². The summed E-state index contributed by atoms with van der Waals surface area (Å²) >= 11 is 0. The summed E-state index contributed by atoms with van der Waals surface area (Å²) in [6.45, 7) is 4.18. The van der Waals surface area contributed by atoms with Gasteiger partial charge in [-0.3, -0.25) is 10.1 Å². The second-order valence-corrected chi connectivity index (χ2v) is 5.43. The predicted octanol–water partition coefficient (Wildman–Crippen LogP) is 2.43. The number of hydrogen-bond donors (Lipinski definition) is 1. The van der Waals surface area contributed by atoms with E-state index >= 15 is 0 Å². The quantitative estimate of drug-likeness (QED) is 0.650. The lowest BCUT2D eigenvalue weighted by Crippen LogP contribution is -2.28. The minimum Gasteiger partial charge on any atom is -0.392 e. The first-order valence-electron chi connectivity index (χ1n) is 7.42. The second kappa shape index (κ2) is 7.15. The molecule has 7 heteroatoms. The Morgan fingerprint density at radius 2 is 1.96 bits per heavy atom. The Morgan fingerprint density at radius 1 is 1.30 bits per heavy atom. The Kier molecular flexibility index (Phi) is 5.23. The molecule has 0 aliphatic carbocycles. The predicted molar refractivity (Wildman–Crippen MR) is 88.5 cm³/mol. The van der Waals surface area contributed by atoms with Crippen LogP contribution in [0.4, 0.5) is 11.5 Å². The fourth-order valence-electron chi connectivity index (χ4n) is 2.21. The molecular formula is C16H20N4O3. The van der Waals surface area contributed by atoms with Gasteiger partial charge in [0, 0.05) is 43.0 Å². The van der Waals surface area contributed by atoms with E-state index in [0.717, 1.165) is 17.7 Å². The van der Waals surface area contributed by atoms with Crippen LogP contribution in [-0.2, 0) is 6.42 Å². The van der Waals surface area contributed by atoms with E-state index in [1.54, 1.807) is 19.1 Å². The number of aliphatic hydroxyl groups excluding tert-OH is 1. The molecule has 1 heterocycles. The molecule has 0 saturated heterocycles. The number of aromatic nitrogens is 2. The first kappa shape index (κ1) is 16.8. The topological polar surface area (TPSA) is 92.4 Å². The van der Waals surface area contributed by atoms with Gasteiger partial charge in [-0.1, -0.05) is 6.92 Å². The summed E-state index contributed by atoms with van der Waals surface area (Å²) in [6, 6.07) is 8.06. The van der Waals surface area contributed by atoms with E-state index < -0.39 is 11.0 Å². The SMILES string of the molecule is CCc1cc(N(C)CC(C)O)nc(-c2ccc([N+](=O)[O-])cc2)n1. The molecule has 1 unspecified atom stereocenters. The molecule has 1 aromatic carbocycles. The lowest BCUT2D eigenvalue weighted by Gasteiger charge is -2.20. The van der Waals surface area contributed by atoms with Crippen LogP contribution in [0.3, 0.4) is 0 Å². The van der Waals surface area contributed by atoms with Crippen LogP contribution in [0, 0.1) is 10.1 Å². The zero-order valence-corrected chi connectivity index (χ0v) is 13.4. The molecule has 1 atom stereocenters. The molecule has 0 spiro atoms. The molecule has 0 saturated carbocycles. The summed E-state index contributed by atoms with van der Waals surface area (Å²) < 4.78 is 0. The van der Waals surface area contributed by atoms with Gasteiger partial charge in [0.25, 0.3) is 5.69 Å². The largest absolute Gasteiger partial charge is 0.392 e. The smallest absolute Gasteiger partial charge is 0.269 e. The van der Waals surface area contributed by atoms with Gasteiger partial charge in [-0.15, -0.1) is 0 Å². The Morgan fingerprint density at radius 3 is 2.48 bits per heavy atom. The van der Waals surface area contributed by atoms with Gasteiger partial charge in [0.2, 0.25) is 0 Å². The highest BCUT2D eigenvalue weighted by Crippen LogP contribution is 2.22. The number of aliphatic hydroxyl groups is 1. The van der Waals surface area contributed by atoms with Gasteiger partial charge < -0.3 is 10.0 Å². The van der Waals surface area contributed by atoms with E-state index in [1.807, 2.05) is 24.9 Å². The Labute approximate surface area is 134 Å². The molecule has 0 amide bonds. The lowest BCUT2D eigenvalue weighted by molar-refractivity contribution is -0.384. The fraction of sp³-hybridized carbons (Fsp3) is 0.375. The maximum atomic E-state index is 10.7. The molecule has 2 rings (SSSR count). The molecular weight excluding hydrogens is 296 g/mol. The first-order chi connectivity index (χ1) is 10.9. The zero-order valence-electron chi connectivity index (χ0n) is 13.4. The second-order valence-electron chi connectivity index (χ2n) is 5.43. The summed E-state index contributed by atoms with van der Waals surface area (Å²) in [7, 11) is 1.86. The number of benzene rings is 1. The molecule has 1 aromatic heterocycles. The molecule has 0 fully saturated rings. The van der Waals surface area contributed by atoms with Crippen LogP contribution in [0.2, 0.25) is 0 Å². The van der Waals surface area contributed by atoms with Crippen molar-refractivity contribution in [1.29, 1.82) is 0 Å². The molecule has 7 nitrogen and oxygen atoms in total. The van der Waals surface area contributed by atoms with Crippen molar-refractivity contribution >= 4 is 11.5 Å². The number of hydrogen-bond acceptors (Lipinski definition) is 6. The van der Waals surface area contributed by atoms with Crippen molar-refractivity contribution in [3.05, 3.63) is 46.1 Å². The van der Waals surface area contributed by atoms with Crippen LogP contribution >= 0.6 is 0 Å². The average Bonchev–Trinajstić information content (AvgIpc) is 2.53. The van der Waals surface area contributed by atoms with Gasteiger partial charge in [-0.2, -0.15) is 0 Å². The molecule has 1 N–H and O–H groups in total. The number of nitro benzene ring substituents is 1. The summed E-state index contributed by atoms with van der Waals surface area (Å²) in [5.74, 6) is 1.23. The third kappa shape index (κ3) is 4.23. The Hall–Kier alpha value is -2.54. The van der Waals surface area contributed by atoms with Gasteiger partial charge in [0.1, 0.15) is 5.82 Å². The number of likely N-dealkylation sites (N-methyl/N-ethyl adjacent to an activating group) is 1. The number of nitrogens with zero attached hydrogens (tertiary/aromatic N) is 4. The standard InChI is InChI=1S/C16H20N4O3/c1-4-13-9-15(19(3)10-11(2)21)18-16(17-13)12-5-7-14(8-6-12)20(22)23/h5-9,11,21H,4,10H2,1-3H3. The first-order valence-corrected chi connectivity index (χ1v) is 7.42. The van der Waals surface area contributed by atoms with Gasteiger partial charge in [-0.05, 0) is 25.5 Å². The number of anilines is 1. The van der Waals surface area contributed by atoms with Gasteiger partial charge in [0.15, 0.2) is 5.82 Å². The maximum Gasteiger partial charge on any atom is 0.269 e. The van der Waals surface area contributed by atoms with Crippen LogP contribution in [0.1, 0.15) is 19.5 Å². The monoisotopic (exact) mass is 316 g/mol. The van der Waals surface area contributed by atoms with E-state index in [9.17, 15) is 15.2 Å². The summed E-state index contributed by atoms with van der Waals surface area (Å²) in [6.07, 6.45) is 0.278. The Bertz CT molecular complexity index is 686. The molecule has 2 aromatic rings. The highest BCUT2D eigenvalue weighted by Gasteiger charge is 2.12. The van der Waals surface area contributed by atoms with Gasteiger partial charge >= 0.3 is 0 Å². The maximum absolute atomic E-state index is 10.7. The zero-order chi connectivity index (χ0) is 17.0. The van der Waals surface area contributed by atoms with E-state index in [2.05, 4.69) is 9.97 Å². The van der Waals surface area contributed by atoms with E-state index in [1.165, 1.54) is 12.1 Å². The lowest BCUT2D eigenvalue weighted by atomic mass is 10.2. The van der Waals surface area contributed by atoms with Crippen molar-refractivity contribution in [2.45, 2.75) is 26.4 Å². The van der Waals surface area contributed by atoms with Crippen molar-refractivity contribution in [2.75, 3.05) is 18.5 Å². The molecule has 0 radical (unpaired) electrons. The third-order valence-electron chi connectivity index (χ3n) is 3.39. The van der Waals surface area contributed by atoms with Crippen LogP contribution in [0.5, 0.6) is 0 Å².